The number of aliphatic hydroxyl groups excluding tert-OH is 1. The topological polar surface area (TPSA) is 77.4 Å². The third-order valence-corrected chi connectivity index (χ3v) is 3.55. The van der Waals surface area contributed by atoms with Gasteiger partial charge in [-0.1, -0.05) is 0 Å². The van der Waals surface area contributed by atoms with Gasteiger partial charge in [-0.05, 0) is 36.4 Å². The number of aromatic nitrogens is 3. The molecule has 0 aliphatic carbocycles. The van der Waals surface area contributed by atoms with Crippen LogP contribution in [0.1, 0.15) is 5.69 Å². The molecule has 0 aliphatic heterocycles. The van der Waals surface area contributed by atoms with E-state index in [1.807, 2.05) is 0 Å². The van der Waals surface area contributed by atoms with Crippen molar-refractivity contribution in [2.75, 3.05) is 13.7 Å². The van der Waals surface area contributed by atoms with E-state index in [1.54, 1.807) is 36.7 Å². The van der Waals surface area contributed by atoms with Crippen LogP contribution in [0.25, 0.3) is 11.1 Å². The average Bonchev–Trinajstić information content (AvgIpc) is 2.69. The molecule has 0 amide bonds. The summed E-state index contributed by atoms with van der Waals surface area (Å²) in [7, 11) is 1.51. The molecule has 3 rings (SSSR count). The van der Waals surface area contributed by atoms with E-state index < -0.39 is 18.2 Å². The van der Waals surface area contributed by atoms with Gasteiger partial charge in [0.2, 0.25) is 11.8 Å². The predicted molar refractivity (Wildman–Crippen MR) is 89.3 cm³/mol. The van der Waals surface area contributed by atoms with Gasteiger partial charge in [0, 0.05) is 23.5 Å². The summed E-state index contributed by atoms with van der Waals surface area (Å²) in [6, 6.07) is 9.51. The average molecular weight is 359 g/mol. The molecule has 0 saturated carbocycles. The SMILES string of the molecule is COc1ncccc1-c1cccnc1Oc1ccc(C(F)(F)CO)nc1. The highest BCUT2D eigenvalue weighted by Gasteiger charge is 2.32. The van der Waals surface area contributed by atoms with Crippen molar-refractivity contribution in [3.8, 4) is 28.6 Å². The number of hydrogen-bond donors (Lipinski definition) is 1. The lowest BCUT2D eigenvalue weighted by atomic mass is 10.1. The van der Waals surface area contributed by atoms with Gasteiger partial charge in [0.25, 0.3) is 0 Å². The van der Waals surface area contributed by atoms with Crippen LogP contribution in [0.15, 0.2) is 55.0 Å². The fourth-order valence-corrected chi connectivity index (χ4v) is 2.29. The first-order valence-electron chi connectivity index (χ1n) is 7.62. The predicted octanol–water partition coefficient (Wildman–Crippen LogP) is 3.42. The maximum Gasteiger partial charge on any atom is 0.312 e. The van der Waals surface area contributed by atoms with Gasteiger partial charge >= 0.3 is 5.92 Å². The van der Waals surface area contributed by atoms with Crippen molar-refractivity contribution in [2.45, 2.75) is 5.92 Å². The normalized spacial score (nSPS) is 11.2. The molecular weight excluding hydrogens is 344 g/mol. The third kappa shape index (κ3) is 3.60. The maximum atomic E-state index is 13.4. The van der Waals surface area contributed by atoms with E-state index in [4.69, 9.17) is 14.6 Å². The smallest absolute Gasteiger partial charge is 0.312 e. The minimum atomic E-state index is -3.40. The lowest BCUT2D eigenvalue weighted by Gasteiger charge is -2.14. The Bertz CT molecular complexity index is 889. The summed E-state index contributed by atoms with van der Waals surface area (Å²) in [5.41, 5.74) is 0.763. The quantitative estimate of drug-likeness (QED) is 0.727. The summed E-state index contributed by atoms with van der Waals surface area (Å²) in [5, 5.41) is 8.71. The molecule has 3 aromatic heterocycles. The van der Waals surface area contributed by atoms with Crippen LogP contribution in [0.5, 0.6) is 17.5 Å². The third-order valence-electron chi connectivity index (χ3n) is 3.55. The van der Waals surface area contributed by atoms with E-state index in [-0.39, 0.29) is 11.6 Å². The Morgan fingerprint density at radius 3 is 2.19 bits per heavy atom. The zero-order valence-corrected chi connectivity index (χ0v) is 13.8. The van der Waals surface area contributed by atoms with E-state index in [1.165, 1.54) is 13.2 Å². The molecule has 3 heterocycles. The van der Waals surface area contributed by atoms with E-state index >= 15 is 0 Å². The van der Waals surface area contributed by atoms with Gasteiger partial charge in [-0.25, -0.2) is 9.97 Å². The van der Waals surface area contributed by atoms with E-state index in [9.17, 15) is 8.78 Å². The summed E-state index contributed by atoms with van der Waals surface area (Å²) >= 11 is 0. The minimum absolute atomic E-state index is 0.227. The molecule has 0 atom stereocenters. The second-order valence-electron chi connectivity index (χ2n) is 5.26. The van der Waals surface area contributed by atoms with E-state index in [2.05, 4.69) is 15.0 Å². The molecule has 8 heteroatoms. The number of alkyl halides is 2. The number of ether oxygens (including phenoxy) is 2. The van der Waals surface area contributed by atoms with Gasteiger partial charge < -0.3 is 14.6 Å². The molecule has 0 aromatic carbocycles. The molecule has 0 radical (unpaired) electrons. The monoisotopic (exact) mass is 359 g/mol. The van der Waals surface area contributed by atoms with Crippen LogP contribution in [0, 0.1) is 0 Å². The van der Waals surface area contributed by atoms with Crippen molar-refractivity contribution >= 4 is 0 Å². The summed E-state index contributed by atoms with van der Waals surface area (Å²) in [6.45, 7) is -1.31. The van der Waals surface area contributed by atoms with Crippen LogP contribution in [0.4, 0.5) is 8.78 Å². The molecule has 0 fully saturated rings. The van der Waals surface area contributed by atoms with Crippen LogP contribution in [-0.2, 0) is 5.92 Å². The van der Waals surface area contributed by atoms with Crippen molar-refractivity contribution < 1.29 is 23.4 Å². The Labute approximate surface area is 148 Å². The van der Waals surface area contributed by atoms with Crippen LogP contribution >= 0.6 is 0 Å². The Morgan fingerprint density at radius 2 is 1.62 bits per heavy atom. The van der Waals surface area contributed by atoms with Gasteiger partial charge in [0.05, 0.1) is 13.3 Å². The highest BCUT2D eigenvalue weighted by Crippen LogP contribution is 2.35. The maximum absolute atomic E-state index is 13.4. The molecule has 0 unspecified atom stereocenters. The first-order chi connectivity index (χ1) is 12.5. The van der Waals surface area contributed by atoms with Crippen molar-refractivity contribution in [1.29, 1.82) is 0 Å². The van der Waals surface area contributed by atoms with Crippen molar-refractivity contribution in [2.24, 2.45) is 0 Å². The first kappa shape index (κ1) is 17.7. The standard InChI is InChI=1S/C18H15F2N3O3/c1-25-16-13(4-2-8-21-16)14-5-3-9-22-17(14)26-12-6-7-15(23-10-12)18(19,20)11-24/h2-10,24H,11H2,1H3. The zero-order chi connectivity index (χ0) is 18.6. The molecule has 1 N–H and O–H groups in total. The molecule has 0 bridgehead atoms. The molecule has 0 aliphatic rings. The van der Waals surface area contributed by atoms with Gasteiger partial charge in [0.1, 0.15) is 18.1 Å². The molecule has 6 nitrogen and oxygen atoms in total. The van der Waals surface area contributed by atoms with Gasteiger partial charge in [-0.15, -0.1) is 0 Å². The molecule has 0 saturated heterocycles. The Kier molecular flexibility index (Phi) is 5.04. The van der Waals surface area contributed by atoms with E-state index in [0.29, 0.717) is 17.0 Å². The number of methoxy groups -OCH3 is 1. The number of rotatable bonds is 6. The van der Waals surface area contributed by atoms with E-state index in [0.717, 1.165) is 12.3 Å². The van der Waals surface area contributed by atoms with Crippen LogP contribution < -0.4 is 9.47 Å². The fourth-order valence-electron chi connectivity index (χ4n) is 2.29. The molecule has 26 heavy (non-hydrogen) atoms. The molecular formula is C18H15F2N3O3. The summed E-state index contributed by atoms with van der Waals surface area (Å²) < 4.78 is 37.8. The van der Waals surface area contributed by atoms with Gasteiger partial charge in [0.15, 0.2) is 0 Å². The number of halogens is 2. The Balaban J connectivity index is 1.92. The van der Waals surface area contributed by atoms with Crippen LogP contribution in [-0.4, -0.2) is 33.8 Å². The Hall–Kier alpha value is -3.13. The second kappa shape index (κ2) is 7.40. The second-order valence-corrected chi connectivity index (χ2v) is 5.26. The summed E-state index contributed by atoms with van der Waals surface area (Å²) in [5.74, 6) is -2.52. The minimum Gasteiger partial charge on any atom is -0.481 e. The van der Waals surface area contributed by atoms with Gasteiger partial charge in [-0.2, -0.15) is 8.78 Å². The number of hydrogen-bond acceptors (Lipinski definition) is 6. The van der Waals surface area contributed by atoms with Crippen molar-refractivity contribution in [3.63, 3.8) is 0 Å². The highest BCUT2D eigenvalue weighted by molar-refractivity contribution is 5.72. The molecule has 0 spiro atoms. The molecule has 3 aromatic rings. The Morgan fingerprint density at radius 1 is 0.962 bits per heavy atom. The van der Waals surface area contributed by atoms with Gasteiger partial charge in [-0.3, -0.25) is 4.98 Å². The fraction of sp³-hybridized carbons (Fsp3) is 0.167. The zero-order valence-electron chi connectivity index (χ0n) is 13.8. The summed E-state index contributed by atoms with van der Waals surface area (Å²) in [6.07, 6.45) is 4.30. The molecule has 134 valence electrons. The van der Waals surface area contributed by atoms with Crippen LogP contribution in [0.2, 0.25) is 0 Å². The number of aliphatic hydroxyl groups is 1. The lowest BCUT2D eigenvalue weighted by molar-refractivity contribution is -0.0592. The van der Waals surface area contributed by atoms with Crippen molar-refractivity contribution in [3.05, 3.63) is 60.7 Å². The highest BCUT2D eigenvalue weighted by atomic mass is 19.3. The number of nitrogens with zero attached hydrogens (tertiary/aromatic N) is 3. The first-order valence-corrected chi connectivity index (χ1v) is 7.62. The van der Waals surface area contributed by atoms with Crippen LogP contribution in [0.3, 0.4) is 0 Å². The lowest BCUT2D eigenvalue weighted by Crippen LogP contribution is -2.19. The van der Waals surface area contributed by atoms with Crippen molar-refractivity contribution in [1.82, 2.24) is 15.0 Å². The largest absolute Gasteiger partial charge is 0.481 e. The number of pyridine rings is 3. The summed E-state index contributed by atoms with van der Waals surface area (Å²) in [4.78, 5) is 12.0.